The maximum absolute atomic E-state index is 13.6. The van der Waals surface area contributed by atoms with E-state index in [1.807, 2.05) is 6.07 Å². The number of halogens is 4. The Morgan fingerprint density at radius 3 is 2.68 bits per heavy atom. The summed E-state index contributed by atoms with van der Waals surface area (Å²) < 4.78 is 40.8. The Hall–Kier alpha value is -2.79. The van der Waals surface area contributed by atoms with Crippen LogP contribution in [0, 0.1) is 11.3 Å². The van der Waals surface area contributed by atoms with Crippen LogP contribution in [0.4, 0.5) is 19.1 Å². The van der Waals surface area contributed by atoms with Gasteiger partial charge in [-0.15, -0.1) is 0 Å². The lowest BCUT2D eigenvalue weighted by atomic mass is 10.0. The molecule has 1 aliphatic rings. The number of nitrogens with zero attached hydrogens (tertiary/aromatic N) is 3. The molecule has 0 bridgehead atoms. The van der Waals surface area contributed by atoms with Crippen LogP contribution in [0.5, 0.6) is 0 Å². The van der Waals surface area contributed by atoms with E-state index in [1.165, 1.54) is 12.3 Å². The van der Waals surface area contributed by atoms with Crippen LogP contribution in [0.15, 0.2) is 24.5 Å². The maximum atomic E-state index is 13.6. The van der Waals surface area contributed by atoms with Crippen LogP contribution in [0.3, 0.4) is 0 Å². The summed E-state index contributed by atoms with van der Waals surface area (Å²) in [6, 6.07) is 5.17. The molecule has 0 spiro atoms. The van der Waals surface area contributed by atoms with Gasteiger partial charge >= 0.3 is 6.18 Å². The zero-order valence-corrected chi connectivity index (χ0v) is 15.3. The van der Waals surface area contributed by atoms with Gasteiger partial charge in [0.25, 0.3) is 0 Å². The number of rotatable bonds is 3. The molecule has 0 atom stereocenters. The molecular weight excluding hydrogens is 391 g/mol. The largest absolute Gasteiger partial charge is 0.419 e. The third-order valence-corrected chi connectivity index (χ3v) is 5.34. The molecule has 2 heterocycles. The average molecular weight is 406 g/mol. The second-order valence-corrected chi connectivity index (χ2v) is 7.12. The van der Waals surface area contributed by atoms with E-state index in [4.69, 9.17) is 16.9 Å². The summed E-state index contributed by atoms with van der Waals surface area (Å²) in [7, 11) is 0. The summed E-state index contributed by atoms with van der Waals surface area (Å²) >= 11 is 6.20. The third-order valence-electron chi connectivity index (χ3n) is 4.95. The van der Waals surface area contributed by atoms with Gasteiger partial charge in [0.1, 0.15) is 11.6 Å². The molecule has 0 amide bonds. The van der Waals surface area contributed by atoms with Crippen molar-refractivity contribution in [2.75, 3.05) is 5.32 Å². The van der Waals surface area contributed by atoms with Crippen molar-refractivity contribution in [1.82, 2.24) is 15.0 Å². The van der Waals surface area contributed by atoms with Gasteiger partial charge in [-0.3, -0.25) is 0 Å². The first-order chi connectivity index (χ1) is 13.4. The number of aromatic amines is 1. The quantitative estimate of drug-likeness (QED) is 0.601. The van der Waals surface area contributed by atoms with Crippen LogP contribution in [0.2, 0.25) is 5.02 Å². The van der Waals surface area contributed by atoms with Gasteiger partial charge in [-0.05, 0) is 18.9 Å². The molecule has 5 nitrogen and oxygen atoms in total. The van der Waals surface area contributed by atoms with E-state index in [0.717, 1.165) is 31.9 Å². The number of hydrogen-bond donors (Lipinski definition) is 2. The molecule has 1 fully saturated rings. The first-order valence-corrected chi connectivity index (χ1v) is 9.17. The molecule has 0 unspecified atom stereocenters. The summed E-state index contributed by atoms with van der Waals surface area (Å²) in [4.78, 5) is 10.9. The summed E-state index contributed by atoms with van der Waals surface area (Å²) in [6.45, 7) is 0. The number of alkyl halides is 3. The molecule has 1 saturated carbocycles. The molecule has 0 radical (unpaired) electrons. The van der Waals surface area contributed by atoms with Gasteiger partial charge < -0.3 is 10.3 Å². The molecule has 4 rings (SSSR count). The second-order valence-electron chi connectivity index (χ2n) is 6.74. The van der Waals surface area contributed by atoms with Gasteiger partial charge in [-0.2, -0.15) is 18.4 Å². The van der Waals surface area contributed by atoms with Crippen LogP contribution in [0.1, 0.15) is 36.8 Å². The summed E-state index contributed by atoms with van der Waals surface area (Å²) in [5, 5.41) is 12.9. The Morgan fingerprint density at radius 1 is 1.25 bits per heavy atom. The number of fused-ring (bicyclic) bond motifs is 1. The Morgan fingerprint density at radius 2 is 2.00 bits per heavy atom. The van der Waals surface area contributed by atoms with Gasteiger partial charge in [0.05, 0.1) is 21.8 Å². The molecule has 0 aliphatic heterocycles. The fraction of sp³-hybridized carbons (Fsp3) is 0.316. The Bertz CT molecular complexity index is 1080. The normalized spacial score (nSPS) is 15.1. The Labute approximate surface area is 163 Å². The number of aromatic nitrogens is 3. The van der Waals surface area contributed by atoms with Crippen LogP contribution in [0.25, 0.3) is 22.2 Å². The Kier molecular flexibility index (Phi) is 4.63. The smallest absolute Gasteiger partial charge is 0.359 e. The first-order valence-electron chi connectivity index (χ1n) is 8.79. The zero-order valence-electron chi connectivity index (χ0n) is 14.6. The van der Waals surface area contributed by atoms with Gasteiger partial charge in [0, 0.05) is 29.4 Å². The number of anilines is 1. The minimum absolute atomic E-state index is 0.165. The molecule has 144 valence electrons. The molecule has 2 N–H and O–H groups in total. The lowest BCUT2D eigenvalue weighted by molar-refractivity contribution is -0.137. The van der Waals surface area contributed by atoms with E-state index < -0.39 is 11.7 Å². The highest BCUT2D eigenvalue weighted by molar-refractivity contribution is 6.36. The summed E-state index contributed by atoms with van der Waals surface area (Å²) in [5.41, 5.74) is -0.260. The molecule has 1 aromatic carbocycles. The minimum Gasteiger partial charge on any atom is -0.359 e. The van der Waals surface area contributed by atoms with Crippen molar-refractivity contribution >= 4 is 28.5 Å². The highest BCUT2D eigenvalue weighted by atomic mass is 35.5. The van der Waals surface area contributed by atoms with Crippen molar-refractivity contribution in [2.45, 2.75) is 37.9 Å². The molecular formula is C19H15ClF3N5. The van der Waals surface area contributed by atoms with Gasteiger partial charge in [0.2, 0.25) is 5.95 Å². The zero-order chi connectivity index (χ0) is 19.9. The standard InChI is InChI=1S/C19H15ClF3N5/c20-15-10(7-24)5-6-12-13(8-25-17(12)15)16-14(19(21,22)23)9-26-18(28-16)27-11-3-1-2-4-11/h5-6,8-9,11,25H,1-4H2,(H,26,27,28). The SMILES string of the molecule is N#Cc1ccc2c(-c3nc(NC4CCCC4)ncc3C(F)(F)F)c[nH]c2c1Cl. The fourth-order valence-corrected chi connectivity index (χ4v) is 3.82. The van der Waals surface area contributed by atoms with Crippen molar-refractivity contribution in [3.63, 3.8) is 0 Å². The number of benzene rings is 1. The van der Waals surface area contributed by atoms with Crippen molar-refractivity contribution in [3.8, 4) is 17.3 Å². The van der Waals surface area contributed by atoms with Crippen LogP contribution < -0.4 is 5.32 Å². The fourth-order valence-electron chi connectivity index (χ4n) is 3.56. The minimum atomic E-state index is -4.61. The average Bonchev–Trinajstić information content (AvgIpc) is 3.31. The molecule has 28 heavy (non-hydrogen) atoms. The molecule has 9 heteroatoms. The Balaban J connectivity index is 1.86. The van der Waals surface area contributed by atoms with Crippen molar-refractivity contribution in [2.24, 2.45) is 0 Å². The number of nitriles is 1. The van der Waals surface area contributed by atoms with Gasteiger partial charge in [-0.25, -0.2) is 9.97 Å². The molecule has 3 aromatic rings. The number of H-pyrrole nitrogens is 1. The second kappa shape index (κ2) is 6.99. The van der Waals surface area contributed by atoms with Crippen LogP contribution in [-0.2, 0) is 6.18 Å². The lowest BCUT2D eigenvalue weighted by Gasteiger charge is -2.15. The lowest BCUT2D eigenvalue weighted by Crippen LogP contribution is -2.18. The maximum Gasteiger partial charge on any atom is 0.419 e. The van der Waals surface area contributed by atoms with Gasteiger partial charge in [0.15, 0.2) is 0 Å². The predicted molar refractivity (Wildman–Crippen MR) is 99.9 cm³/mol. The van der Waals surface area contributed by atoms with Crippen LogP contribution in [-0.4, -0.2) is 21.0 Å². The van der Waals surface area contributed by atoms with E-state index in [1.54, 1.807) is 6.07 Å². The van der Waals surface area contributed by atoms with E-state index in [-0.39, 0.29) is 33.8 Å². The van der Waals surface area contributed by atoms with Gasteiger partial charge in [-0.1, -0.05) is 30.5 Å². The molecule has 1 aliphatic carbocycles. The van der Waals surface area contributed by atoms with E-state index in [0.29, 0.717) is 10.9 Å². The van der Waals surface area contributed by atoms with E-state index in [2.05, 4.69) is 20.3 Å². The van der Waals surface area contributed by atoms with Crippen LogP contribution >= 0.6 is 11.6 Å². The highest BCUT2D eigenvalue weighted by Crippen LogP contribution is 2.40. The number of nitrogens with one attached hydrogen (secondary N) is 2. The van der Waals surface area contributed by atoms with Crippen molar-refractivity contribution in [3.05, 3.63) is 40.7 Å². The van der Waals surface area contributed by atoms with E-state index >= 15 is 0 Å². The third kappa shape index (κ3) is 3.27. The first kappa shape index (κ1) is 18.6. The topological polar surface area (TPSA) is 77.4 Å². The molecule has 0 saturated heterocycles. The monoisotopic (exact) mass is 405 g/mol. The van der Waals surface area contributed by atoms with Crippen molar-refractivity contribution < 1.29 is 13.2 Å². The predicted octanol–water partition coefficient (Wildman–Crippen LogP) is 5.52. The number of hydrogen-bond acceptors (Lipinski definition) is 4. The molecule has 2 aromatic heterocycles. The highest BCUT2D eigenvalue weighted by Gasteiger charge is 2.36. The van der Waals surface area contributed by atoms with E-state index in [9.17, 15) is 13.2 Å². The van der Waals surface area contributed by atoms with Crippen molar-refractivity contribution in [1.29, 1.82) is 5.26 Å². The summed E-state index contributed by atoms with van der Waals surface area (Å²) in [5.74, 6) is 0.170. The summed E-state index contributed by atoms with van der Waals surface area (Å²) in [6.07, 6.45) is 1.67.